The van der Waals surface area contributed by atoms with Crippen LogP contribution in [0.4, 0.5) is 0 Å². The van der Waals surface area contributed by atoms with Crippen LogP contribution in [0.5, 0.6) is 5.75 Å². The van der Waals surface area contributed by atoms with Crippen molar-refractivity contribution in [1.82, 2.24) is 4.57 Å². The molecular weight excluding hydrogens is 410 g/mol. The standard InChI is InChI=1S/C29H33NOS/c1-18-14-20-12-13-30(29(5,6)7)27(32)24(20)16-22(18)21-11-9-10-19-15-25(28(2,3)4)26(31-8)17-23(19)21/h9-17H,1-8H3. The first-order chi connectivity index (χ1) is 14.9. The molecule has 1 heterocycles. The maximum atomic E-state index is 5.93. The molecule has 2 nitrogen and oxygen atoms in total. The molecule has 0 atom stereocenters. The van der Waals surface area contributed by atoms with Gasteiger partial charge in [0.25, 0.3) is 0 Å². The van der Waals surface area contributed by atoms with E-state index in [1.165, 1.54) is 38.4 Å². The molecule has 0 unspecified atom stereocenters. The zero-order chi connectivity index (χ0) is 23.4. The lowest BCUT2D eigenvalue weighted by Gasteiger charge is -2.25. The van der Waals surface area contributed by atoms with Gasteiger partial charge in [-0.3, -0.25) is 0 Å². The van der Waals surface area contributed by atoms with Gasteiger partial charge in [0.2, 0.25) is 0 Å². The Bertz CT molecular complexity index is 1400. The summed E-state index contributed by atoms with van der Waals surface area (Å²) in [6, 6.07) is 17.7. The molecule has 0 aliphatic rings. The van der Waals surface area contributed by atoms with Crippen LogP contribution in [0, 0.1) is 11.6 Å². The van der Waals surface area contributed by atoms with Crippen molar-refractivity contribution in [2.24, 2.45) is 0 Å². The molecule has 0 aliphatic carbocycles. The monoisotopic (exact) mass is 443 g/mol. The number of pyridine rings is 1. The van der Waals surface area contributed by atoms with Crippen LogP contribution in [0.15, 0.2) is 54.7 Å². The quantitative estimate of drug-likeness (QED) is 0.288. The number of hydrogen-bond acceptors (Lipinski definition) is 2. The molecule has 0 bridgehead atoms. The first-order valence-corrected chi connectivity index (χ1v) is 11.6. The van der Waals surface area contributed by atoms with E-state index in [1.807, 2.05) is 0 Å². The van der Waals surface area contributed by atoms with Gasteiger partial charge in [0.1, 0.15) is 10.4 Å². The molecule has 3 heteroatoms. The number of aryl methyl sites for hydroxylation is 1. The molecule has 0 saturated carbocycles. The predicted octanol–water partition coefficient (Wildman–Crippen LogP) is 8.56. The Kier molecular flexibility index (Phi) is 5.45. The van der Waals surface area contributed by atoms with Crippen molar-refractivity contribution in [3.8, 4) is 16.9 Å². The maximum absolute atomic E-state index is 5.93. The lowest BCUT2D eigenvalue weighted by atomic mass is 9.84. The molecule has 0 N–H and O–H groups in total. The van der Waals surface area contributed by atoms with Gasteiger partial charge in [-0.05, 0) is 90.2 Å². The molecule has 0 saturated heterocycles. The van der Waals surface area contributed by atoms with Gasteiger partial charge >= 0.3 is 0 Å². The molecule has 0 radical (unpaired) electrons. The summed E-state index contributed by atoms with van der Waals surface area (Å²) in [4.78, 5) is 0. The van der Waals surface area contributed by atoms with E-state index in [-0.39, 0.29) is 11.0 Å². The largest absolute Gasteiger partial charge is 0.496 e. The molecule has 0 spiro atoms. The number of benzene rings is 3. The number of nitrogens with zero attached hydrogens (tertiary/aromatic N) is 1. The topological polar surface area (TPSA) is 14.2 Å². The summed E-state index contributed by atoms with van der Waals surface area (Å²) in [5.41, 5.74) is 4.83. The minimum absolute atomic E-state index is 0.00616. The summed E-state index contributed by atoms with van der Waals surface area (Å²) in [6.45, 7) is 15.4. The van der Waals surface area contributed by atoms with Crippen LogP contribution in [-0.4, -0.2) is 11.7 Å². The zero-order valence-corrected chi connectivity index (χ0v) is 21.3. The summed E-state index contributed by atoms with van der Waals surface area (Å²) < 4.78 is 8.89. The molecular formula is C29H33NOS. The van der Waals surface area contributed by atoms with E-state index in [2.05, 4.69) is 108 Å². The number of fused-ring (bicyclic) bond motifs is 2. The summed E-state index contributed by atoms with van der Waals surface area (Å²) in [7, 11) is 1.76. The number of rotatable bonds is 2. The SMILES string of the molecule is COc1cc2c(-c3cc4c(=S)n(C(C)(C)C)ccc4cc3C)cccc2cc1C(C)(C)C. The molecule has 0 aliphatic heterocycles. The molecule has 4 rings (SSSR count). The average Bonchev–Trinajstić information content (AvgIpc) is 2.70. The van der Waals surface area contributed by atoms with Crippen molar-refractivity contribution in [3.05, 3.63) is 70.5 Å². The van der Waals surface area contributed by atoms with Crippen LogP contribution in [0.2, 0.25) is 0 Å². The highest BCUT2D eigenvalue weighted by Gasteiger charge is 2.21. The minimum atomic E-state index is -0.0630. The van der Waals surface area contributed by atoms with Crippen LogP contribution in [0.25, 0.3) is 32.7 Å². The Balaban J connectivity index is 2.03. The molecule has 3 aromatic carbocycles. The molecule has 4 aromatic rings. The van der Waals surface area contributed by atoms with Gasteiger partial charge in [0.05, 0.1) is 7.11 Å². The van der Waals surface area contributed by atoms with E-state index in [0.717, 1.165) is 15.8 Å². The third-order valence-electron chi connectivity index (χ3n) is 6.27. The first-order valence-electron chi connectivity index (χ1n) is 11.2. The summed E-state index contributed by atoms with van der Waals surface area (Å²) in [5.74, 6) is 0.936. The zero-order valence-electron chi connectivity index (χ0n) is 20.5. The predicted molar refractivity (Wildman–Crippen MR) is 141 cm³/mol. The van der Waals surface area contributed by atoms with Gasteiger partial charge in [-0.1, -0.05) is 57.3 Å². The van der Waals surface area contributed by atoms with E-state index in [9.17, 15) is 0 Å². The normalized spacial score (nSPS) is 12.5. The van der Waals surface area contributed by atoms with E-state index in [0.29, 0.717) is 0 Å². The van der Waals surface area contributed by atoms with Gasteiger partial charge in [0, 0.05) is 22.7 Å². The van der Waals surface area contributed by atoms with E-state index >= 15 is 0 Å². The van der Waals surface area contributed by atoms with Crippen molar-refractivity contribution in [3.63, 3.8) is 0 Å². The van der Waals surface area contributed by atoms with E-state index in [1.54, 1.807) is 7.11 Å². The van der Waals surface area contributed by atoms with Crippen LogP contribution in [-0.2, 0) is 11.0 Å². The average molecular weight is 444 g/mol. The number of ether oxygens (including phenoxy) is 1. The fourth-order valence-electron chi connectivity index (χ4n) is 4.52. The van der Waals surface area contributed by atoms with Crippen molar-refractivity contribution >= 4 is 33.8 Å². The van der Waals surface area contributed by atoms with Crippen LogP contribution in [0.1, 0.15) is 52.7 Å². The van der Waals surface area contributed by atoms with E-state index < -0.39 is 0 Å². The molecule has 0 amide bonds. The van der Waals surface area contributed by atoms with E-state index in [4.69, 9.17) is 17.0 Å². The molecule has 1 aromatic heterocycles. The Hall–Kier alpha value is -2.65. The minimum Gasteiger partial charge on any atom is -0.496 e. The van der Waals surface area contributed by atoms with Gasteiger partial charge in [-0.25, -0.2) is 0 Å². The van der Waals surface area contributed by atoms with Crippen LogP contribution in [0.3, 0.4) is 0 Å². The van der Waals surface area contributed by atoms with Crippen LogP contribution >= 0.6 is 12.2 Å². The molecule has 166 valence electrons. The second kappa shape index (κ2) is 7.74. The number of hydrogen-bond donors (Lipinski definition) is 0. The van der Waals surface area contributed by atoms with Crippen LogP contribution < -0.4 is 4.74 Å². The van der Waals surface area contributed by atoms with Crippen molar-refractivity contribution in [2.75, 3.05) is 7.11 Å². The Morgan fingerprint density at radius 1 is 0.812 bits per heavy atom. The van der Waals surface area contributed by atoms with Crippen molar-refractivity contribution in [1.29, 1.82) is 0 Å². The molecule has 0 fully saturated rings. The highest BCUT2D eigenvalue weighted by molar-refractivity contribution is 7.71. The van der Waals surface area contributed by atoms with Crippen molar-refractivity contribution < 1.29 is 4.74 Å². The number of aromatic nitrogens is 1. The third kappa shape index (κ3) is 3.84. The van der Waals surface area contributed by atoms with Gasteiger partial charge in [0.15, 0.2) is 0 Å². The Morgan fingerprint density at radius 3 is 2.12 bits per heavy atom. The first kappa shape index (κ1) is 22.5. The highest BCUT2D eigenvalue weighted by Crippen LogP contribution is 2.40. The second-order valence-corrected chi connectivity index (χ2v) is 11.1. The van der Waals surface area contributed by atoms with Gasteiger partial charge in [-0.2, -0.15) is 0 Å². The van der Waals surface area contributed by atoms with Gasteiger partial charge < -0.3 is 9.30 Å². The second-order valence-electron chi connectivity index (χ2n) is 10.7. The third-order valence-corrected chi connectivity index (χ3v) is 6.69. The summed E-state index contributed by atoms with van der Waals surface area (Å²) in [6.07, 6.45) is 2.11. The molecule has 32 heavy (non-hydrogen) atoms. The summed E-state index contributed by atoms with van der Waals surface area (Å²) >= 11 is 5.93. The van der Waals surface area contributed by atoms with Crippen molar-refractivity contribution in [2.45, 2.75) is 59.4 Å². The number of methoxy groups -OCH3 is 1. The Labute approximate surface area is 196 Å². The fourth-order valence-corrected chi connectivity index (χ4v) is 5.03. The summed E-state index contributed by atoms with van der Waals surface area (Å²) in [5, 5.41) is 4.73. The lowest BCUT2D eigenvalue weighted by molar-refractivity contribution is 0.392. The maximum Gasteiger partial charge on any atom is 0.123 e. The fraction of sp³-hybridized carbons (Fsp3) is 0.345. The highest BCUT2D eigenvalue weighted by atomic mass is 32.1. The Morgan fingerprint density at radius 2 is 1.50 bits per heavy atom. The lowest BCUT2D eigenvalue weighted by Crippen LogP contribution is -2.22. The smallest absolute Gasteiger partial charge is 0.123 e. The van der Waals surface area contributed by atoms with Gasteiger partial charge in [-0.15, -0.1) is 0 Å².